The highest BCUT2D eigenvalue weighted by Crippen LogP contribution is 2.31. The summed E-state index contributed by atoms with van der Waals surface area (Å²) in [5, 5.41) is 2.64. The van der Waals surface area contributed by atoms with Crippen LogP contribution in [0.5, 0.6) is 0 Å². The van der Waals surface area contributed by atoms with Crippen molar-refractivity contribution in [2.75, 3.05) is 38.1 Å². The number of hydrogen-bond donors (Lipinski definition) is 0. The first-order valence-electron chi connectivity index (χ1n) is 5.62. The Kier molecular flexibility index (Phi) is 2.53. The topological polar surface area (TPSA) is 19.4 Å². The third-order valence-corrected chi connectivity index (χ3v) is 4.09. The first kappa shape index (κ1) is 10.1. The van der Waals surface area contributed by atoms with Crippen molar-refractivity contribution in [3.63, 3.8) is 0 Å². The van der Waals surface area contributed by atoms with Gasteiger partial charge in [-0.25, -0.2) is 0 Å². The summed E-state index contributed by atoms with van der Waals surface area (Å²) >= 11 is 1.63. The summed E-state index contributed by atoms with van der Waals surface area (Å²) in [5.41, 5.74) is 1.13. The van der Waals surface area contributed by atoms with Crippen molar-refractivity contribution in [3.8, 4) is 0 Å². The smallest absolute Gasteiger partial charge is 0.120 e. The molecule has 1 aliphatic heterocycles. The molecule has 3 nitrogen and oxygen atoms in total. The first-order valence-corrected chi connectivity index (χ1v) is 6.40. The molecule has 0 radical (unpaired) electrons. The van der Waals surface area contributed by atoms with Crippen molar-refractivity contribution in [2.24, 2.45) is 0 Å². The van der Waals surface area contributed by atoms with Crippen molar-refractivity contribution in [1.82, 2.24) is 9.27 Å². The van der Waals surface area contributed by atoms with Crippen molar-refractivity contribution in [3.05, 3.63) is 24.3 Å². The minimum absolute atomic E-state index is 1.11. The molecule has 4 heteroatoms. The van der Waals surface area contributed by atoms with E-state index in [1.54, 1.807) is 11.5 Å². The van der Waals surface area contributed by atoms with Crippen LogP contribution in [0.3, 0.4) is 0 Å². The van der Waals surface area contributed by atoms with Crippen LogP contribution < -0.4 is 4.90 Å². The number of fused-ring (bicyclic) bond motifs is 1. The Labute approximate surface area is 99.5 Å². The average molecular weight is 233 g/mol. The van der Waals surface area contributed by atoms with E-state index in [2.05, 4.69) is 45.5 Å². The summed E-state index contributed by atoms with van der Waals surface area (Å²) in [4.78, 5) is 4.83. The molecule has 2 aromatic rings. The minimum atomic E-state index is 1.11. The predicted molar refractivity (Wildman–Crippen MR) is 69.3 cm³/mol. The number of hydrogen-bond acceptors (Lipinski definition) is 4. The van der Waals surface area contributed by atoms with Crippen molar-refractivity contribution >= 4 is 27.4 Å². The lowest BCUT2D eigenvalue weighted by Crippen LogP contribution is -2.44. The van der Waals surface area contributed by atoms with Gasteiger partial charge in [0.2, 0.25) is 0 Å². The Morgan fingerprint density at radius 1 is 1.12 bits per heavy atom. The number of likely N-dealkylation sites (N-methyl/N-ethyl adjacent to an activating group) is 1. The first-order chi connectivity index (χ1) is 7.84. The Morgan fingerprint density at radius 2 is 1.88 bits per heavy atom. The van der Waals surface area contributed by atoms with E-state index in [4.69, 9.17) is 0 Å². The second kappa shape index (κ2) is 4.03. The maximum atomic E-state index is 4.50. The summed E-state index contributed by atoms with van der Waals surface area (Å²) in [7, 11) is 2.18. The normalized spacial score (nSPS) is 18.2. The molecule has 0 spiro atoms. The van der Waals surface area contributed by atoms with E-state index < -0.39 is 0 Å². The third kappa shape index (κ3) is 1.68. The third-order valence-electron chi connectivity index (χ3n) is 3.16. The quantitative estimate of drug-likeness (QED) is 0.751. The van der Waals surface area contributed by atoms with Gasteiger partial charge in [0.25, 0.3) is 0 Å². The van der Waals surface area contributed by atoms with E-state index in [0.717, 1.165) is 31.7 Å². The molecule has 0 aliphatic carbocycles. The van der Waals surface area contributed by atoms with Gasteiger partial charge in [0.15, 0.2) is 0 Å². The minimum Gasteiger partial charge on any atom is -0.359 e. The van der Waals surface area contributed by atoms with E-state index in [9.17, 15) is 0 Å². The van der Waals surface area contributed by atoms with Gasteiger partial charge < -0.3 is 9.80 Å². The number of benzene rings is 1. The maximum Gasteiger partial charge on any atom is 0.120 e. The maximum absolute atomic E-state index is 4.50. The number of rotatable bonds is 1. The molecule has 0 atom stereocenters. The highest BCUT2D eigenvalue weighted by molar-refractivity contribution is 7.11. The van der Waals surface area contributed by atoms with E-state index in [1.165, 1.54) is 10.4 Å². The monoisotopic (exact) mass is 233 g/mol. The molecular formula is C12H15N3S. The lowest BCUT2D eigenvalue weighted by atomic mass is 10.2. The zero-order chi connectivity index (χ0) is 11.0. The number of nitrogens with zero attached hydrogens (tertiary/aromatic N) is 3. The molecule has 1 aromatic heterocycles. The summed E-state index contributed by atoms with van der Waals surface area (Å²) in [6.45, 7) is 4.52. The molecule has 3 rings (SSSR count). The van der Waals surface area contributed by atoms with Gasteiger partial charge in [-0.1, -0.05) is 12.1 Å². The van der Waals surface area contributed by atoms with Gasteiger partial charge in [-0.2, -0.15) is 4.37 Å². The molecule has 0 amide bonds. The number of piperazine rings is 1. The van der Waals surface area contributed by atoms with Gasteiger partial charge in [0.05, 0.1) is 5.52 Å². The molecule has 0 unspecified atom stereocenters. The van der Waals surface area contributed by atoms with Crippen LogP contribution in [-0.2, 0) is 0 Å². The van der Waals surface area contributed by atoms with Crippen LogP contribution in [0.25, 0.3) is 10.9 Å². The molecule has 1 saturated heterocycles. The fourth-order valence-electron chi connectivity index (χ4n) is 2.11. The zero-order valence-electron chi connectivity index (χ0n) is 9.39. The van der Waals surface area contributed by atoms with Gasteiger partial charge >= 0.3 is 0 Å². The Morgan fingerprint density at radius 3 is 2.69 bits per heavy atom. The second-order valence-corrected chi connectivity index (χ2v) is 5.05. The Bertz CT molecular complexity index is 486. The summed E-state index contributed by atoms with van der Waals surface area (Å²) in [5.74, 6) is 0. The lowest BCUT2D eigenvalue weighted by molar-refractivity contribution is 0.313. The summed E-state index contributed by atoms with van der Waals surface area (Å²) in [6, 6.07) is 8.41. The molecule has 16 heavy (non-hydrogen) atoms. The molecule has 1 aromatic carbocycles. The predicted octanol–water partition coefficient (Wildman–Crippen LogP) is 2.05. The zero-order valence-corrected chi connectivity index (χ0v) is 10.2. The van der Waals surface area contributed by atoms with Crippen LogP contribution in [0, 0.1) is 0 Å². The molecule has 0 saturated carbocycles. The summed E-state index contributed by atoms with van der Waals surface area (Å²) < 4.78 is 4.50. The molecule has 0 bridgehead atoms. The fourth-order valence-corrected chi connectivity index (χ4v) is 3.03. The Balaban J connectivity index is 1.94. The highest BCUT2D eigenvalue weighted by Gasteiger charge is 2.17. The van der Waals surface area contributed by atoms with Gasteiger partial charge in [-0.15, -0.1) is 0 Å². The van der Waals surface area contributed by atoms with Crippen LogP contribution in [0.2, 0.25) is 0 Å². The molecule has 0 N–H and O–H groups in total. The van der Waals surface area contributed by atoms with E-state index in [0.29, 0.717) is 0 Å². The molecule has 1 fully saturated rings. The van der Waals surface area contributed by atoms with Gasteiger partial charge in [0.1, 0.15) is 5.00 Å². The summed E-state index contributed by atoms with van der Waals surface area (Å²) in [6.07, 6.45) is 0. The van der Waals surface area contributed by atoms with Crippen LogP contribution >= 0.6 is 11.5 Å². The SMILES string of the molecule is CN1CCN(c2snc3ccccc23)CC1. The largest absolute Gasteiger partial charge is 0.359 e. The van der Waals surface area contributed by atoms with E-state index in [1.807, 2.05) is 0 Å². The number of anilines is 1. The molecular weight excluding hydrogens is 218 g/mol. The van der Waals surface area contributed by atoms with Crippen molar-refractivity contribution < 1.29 is 0 Å². The average Bonchev–Trinajstić information content (AvgIpc) is 2.74. The highest BCUT2D eigenvalue weighted by atomic mass is 32.1. The van der Waals surface area contributed by atoms with Crippen molar-refractivity contribution in [1.29, 1.82) is 0 Å². The van der Waals surface area contributed by atoms with Gasteiger partial charge in [-0.3, -0.25) is 0 Å². The van der Waals surface area contributed by atoms with E-state index >= 15 is 0 Å². The van der Waals surface area contributed by atoms with Gasteiger partial charge in [-0.05, 0) is 30.7 Å². The van der Waals surface area contributed by atoms with Crippen LogP contribution in [0.15, 0.2) is 24.3 Å². The lowest BCUT2D eigenvalue weighted by Gasteiger charge is -2.32. The van der Waals surface area contributed by atoms with Gasteiger partial charge in [0, 0.05) is 31.6 Å². The molecule has 1 aliphatic rings. The van der Waals surface area contributed by atoms with Crippen LogP contribution in [-0.4, -0.2) is 42.5 Å². The van der Waals surface area contributed by atoms with E-state index in [-0.39, 0.29) is 0 Å². The second-order valence-electron chi connectivity index (χ2n) is 4.30. The molecule has 84 valence electrons. The fraction of sp³-hybridized carbons (Fsp3) is 0.417. The molecule has 2 heterocycles. The number of aromatic nitrogens is 1. The van der Waals surface area contributed by atoms with Crippen LogP contribution in [0.4, 0.5) is 5.00 Å². The van der Waals surface area contributed by atoms with Crippen molar-refractivity contribution in [2.45, 2.75) is 0 Å². The Hall–Kier alpha value is -1.13. The standard InChI is InChI=1S/C12H15N3S/c1-14-6-8-15(9-7-14)12-10-4-2-3-5-11(10)13-16-12/h2-5H,6-9H2,1H3. The van der Waals surface area contributed by atoms with Crippen LogP contribution in [0.1, 0.15) is 0 Å².